The Balaban J connectivity index is 1.69. The molecule has 1 fully saturated rings. The number of nitrogens with one attached hydrogen (secondary N) is 2. The molecule has 1 atom stereocenters. The van der Waals surface area contributed by atoms with E-state index >= 15 is 0 Å². The Morgan fingerprint density at radius 1 is 1.42 bits per heavy atom. The SMILES string of the molecule is O=C(NCCn1c(=O)[nH]c2ncccc2c1=O)C1CCS(=O)(=O)C1. The van der Waals surface area contributed by atoms with Crippen LogP contribution in [0.25, 0.3) is 11.0 Å². The van der Waals surface area contributed by atoms with Gasteiger partial charge in [0.1, 0.15) is 5.65 Å². The molecule has 0 spiro atoms. The highest BCUT2D eigenvalue weighted by Gasteiger charge is 2.32. The van der Waals surface area contributed by atoms with Crippen molar-refractivity contribution in [2.75, 3.05) is 18.1 Å². The molecule has 2 aromatic rings. The van der Waals surface area contributed by atoms with Crippen LogP contribution in [0.5, 0.6) is 0 Å². The molecule has 0 aromatic carbocycles. The lowest BCUT2D eigenvalue weighted by atomic mass is 10.1. The van der Waals surface area contributed by atoms with Gasteiger partial charge in [-0.15, -0.1) is 0 Å². The quantitative estimate of drug-likeness (QED) is 0.698. The van der Waals surface area contributed by atoms with E-state index in [-0.39, 0.29) is 41.5 Å². The molecule has 1 saturated heterocycles. The first-order chi connectivity index (χ1) is 11.4. The van der Waals surface area contributed by atoms with Crippen molar-refractivity contribution in [1.82, 2.24) is 19.9 Å². The first-order valence-corrected chi connectivity index (χ1v) is 9.25. The molecule has 9 nitrogen and oxygen atoms in total. The van der Waals surface area contributed by atoms with Gasteiger partial charge in [-0.05, 0) is 18.6 Å². The molecule has 0 radical (unpaired) electrons. The third-order valence-electron chi connectivity index (χ3n) is 3.99. The Bertz CT molecular complexity index is 1010. The number of nitrogens with zero attached hydrogens (tertiary/aromatic N) is 2. The van der Waals surface area contributed by atoms with Gasteiger partial charge in [-0.2, -0.15) is 0 Å². The lowest BCUT2D eigenvalue weighted by Gasteiger charge is -2.10. The number of hydrogen-bond donors (Lipinski definition) is 2. The predicted octanol–water partition coefficient (Wildman–Crippen LogP) is -1.36. The van der Waals surface area contributed by atoms with Crippen LogP contribution in [0.2, 0.25) is 0 Å². The van der Waals surface area contributed by atoms with Gasteiger partial charge < -0.3 is 5.32 Å². The second-order valence-corrected chi connectivity index (χ2v) is 7.91. The number of carbonyl (C=O) groups is 1. The average Bonchev–Trinajstić information content (AvgIpc) is 2.90. The van der Waals surface area contributed by atoms with Crippen molar-refractivity contribution in [3.05, 3.63) is 39.2 Å². The molecule has 3 rings (SSSR count). The Labute approximate surface area is 136 Å². The summed E-state index contributed by atoms with van der Waals surface area (Å²) in [6.45, 7) is 0.0499. The molecule has 1 aliphatic heterocycles. The first-order valence-electron chi connectivity index (χ1n) is 7.43. The molecular formula is C14H16N4O5S. The zero-order chi connectivity index (χ0) is 17.3. The minimum absolute atomic E-state index is 0.00971. The van der Waals surface area contributed by atoms with Gasteiger partial charge in [-0.3, -0.25) is 19.1 Å². The summed E-state index contributed by atoms with van der Waals surface area (Å²) in [5, 5.41) is 2.86. The predicted molar refractivity (Wildman–Crippen MR) is 86.4 cm³/mol. The average molecular weight is 352 g/mol. The van der Waals surface area contributed by atoms with E-state index in [1.165, 1.54) is 6.20 Å². The largest absolute Gasteiger partial charge is 0.354 e. The minimum atomic E-state index is -3.13. The molecule has 1 unspecified atom stereocenters. The molecule has 1 aliphatic rings. The number of aromatic amines is 1. The number of carbonyl (C=O) groups excluding carboxylic acids is 1. The molecule has 0 bridgehead atoms. The number of sulfone groups is 1. The number of pyridine rings is 1. The molecule has 24 heavy (non-hydrogen) atoms. The fourth-order valence-electron chi connectivity index (χ4n) is 2.72. The van der Waals surface area contributed by atoms with Crippen LogP contribution in [0.1, 0.15) is 6.42 Å². The van der Waals surface area contributed by atoms with Crippen LogP contribution < -0.4 is 16.6 Å². The van der Waals surface area contributed by atoms with Crippen LogP contribution >= 0.6 is 0 Å². The van der Waals surface area contributed by atoms with Crippen molar-refractivity contribution in [2.45, 2.75) is 13.0 Å². The van der Waals surface area contributed by atoms with Gasteiger partial charge in [0.2, 0.25) is 5.91 Å². The summed E-state index contributed by atoms with van der Waals surface area (Å²) in [4.78, 5) is 42.6. The van der Waals surface area contributed by atoms with Crippen LogP contribution in [0, 0.1) is 5.92 Å². The summed E-state index contributed by atoms with van der Waals surface area (Å²) in [5.41, 5.74) is -0.882. The summed E-state index contributed by atoms with van der Waals surface area (Å²) in [6, 6.07) is 3.15. The van der Waals surface area contributed by atoms with E-state index in [0.29, 0.717) is 6.42 Å². The third kappa shape index (κ3) is 3.23. The number of hydrogen-bond acceptors (Lipinski definition) is 6. The van der Waals surface area contributed by atoms with Gasteiger partial charge in [0.05, 0.1) is 22.8 Å². The second kappa shape index (κ2) is 6.19. The Morgan fingerprint density at radius 2 is 2.21 bits per heavy atom. The fourth-order valence-corrected chi connectivity index (χ4v) is 4.47. The topological polar surface area (TPSA) is 131 Å². The molecule has 2 aromatic heterocycles. The van der Waals surface area contributed by atoms with Gasteiger partial charge in [-0.1, -0.05) is 0 Å². The van der Waals surface area contributed by atoms with E-state index in [1.54, 1.807) is 12.1 Å². The smallest absolute Gasteiger partial charge is 0.330 e. The van der Waals surface area contributed by atoms with Gasteiger partial charge >= 0.3 is 5.69 Å². The van der Waals surface area contributed by atoms with Crippen molar-refractivity contribution in [2.24, 2.45) is 5.92 Å². The highest BCUT2D eigenvalue weighted by molar-refractivity contribution is 7.91. The summed E-state index contributed by atoms with van der Waals surface area (Å²) < 4.78 is 23.7. The van der Waals surface area contributed by atoms with E-state index < -0.39 is 27.0 Å². The molecule has 0 saturated carbocycles. The Morgan fingerprint density at radius 3 is 2.92 bits per heavy atom. The van der Waals surface area contributed by atoms with Crippen molar-refractivity contribution >= 4 is 26.8 Å². The van der Waals surface area contributed by atoms with E-state index in [9.17, 15) is 22.8 Å². The zero-order valence-electron chi connectivity index (χ0n) is 12.7. The van der Waals surface area contributed by atoms with Crippen LogP contribution in [-0.2, 0) is 21.2 Å². The fraction of sp³-hybridized carbons (Fsp3) is 0.429. The van der Waals surface area contributed by atoms with Gasteiger partial charge in [0.25, 0.3) is 5.56 Å². The summed E-state index contributed by atoms with van der Waals surface area (Å²) in [6.07, 6.45) is 1.77. The Hall–Kier alpha value is -2.49. The highest BCUT2D eigenvalue weighted by Crippen LogP contribution is 2.18. The van der Waals surface area contributed by atoms with E-state index in [0.717, 1.165) is 4.57 Å². The van der Waals surface area contributed by atoms with Gasteiger partial charge in [0, 0.05) is 19.3 Å². The number of rotatable bonds is 4. The number of fused-ring (bicyclic) bond motifs is 1. The third-order valence-corrected chi connectivity index (χ3v) is 5.76. The maximum atomic E-state index is 12.3. The molecule has 0 aliphatic carbocycles. The van der Waals surface area contributed by atoms with Gasteiger partial charge in [0.15, 0.2) is 9.84 Å². The first kappa shape index (κ1) is 16.4. The molecule has 3 heterocycles. The number of H-pyrrole nitrogens is 1. The van der Waals surface area contributed by atoms with Crippen molar-refractivity contribution < 1.29 is 13.2 Å². The maximum Gasteiger partial charge on any atom is 0.330 e. The summed E-state index contributed by atoms with van der Waals surface area (Å²) >= 11 is 0. The van der Waals surface area contributed by atoms with Crippen LogP contribution in [-0.4, -0.2) is 46.9 Å². The maximum absolute atomic E-state index is 12.3. The van der Waals surface area contributed by atoms with Gasteiger partial charge in [-0.25, -0.2) is 18.2 Å². The minimum Gasteiger partial charge on any atom is -0.354 e. The summed E-state index contributed by atoms with van der Waals surface area (Å²) in [7, 11) is -3.13. The van der Waals surface area contributed by atoms with E-state index in [1.807, 2.05) is 0 Å². The van der Waals surface area contributed by atoms with Crippen molar-refractivity contribution in [1.29, 1.82) is 0 Å². The van der Waals surface area contributed by atoms with Crippen molar-refractivity contribution in [3.8, 4) is 0 Å². The zero-order valence-corrected chi connectivity index (χ0v) is 13.5. The van der Waals surface area contributed by atoms with E-state index in [4.69, 9.17) is 0 Å². The normalized spacial score (nSPS) is 19.4. The molecular weight excluding hydrogens is 336 g/mol. The number of amides is 1. The highest BCUT2D eigenvalue weighted by atomic mass is 32.2. The van der Waals surface area contributed by atoms with Crippen molar-refractivity contribution in [3.63, 3.8) is 0 Å². The molecule has 1 amide bonds. The van der Waals surface area contributed by atoms with Crippen LogP contribution in [0.4, 0.5) is 0 Å². The lowest BCUT2D eigenvalue weighted by Crippen LogP contribution is -2.40. The number of aromatic nitrogens is 3. The van der Waals surface area contributed by atoms with E-state index in [2.05, 4.69) is 15.3 Å². The standard InChI is InChI=1S/C14H16N4O5S/c19-12(9-3-7-24(22,23)8-9)16-5-6-18-13(20)10-2-1-4-15-11(10)17-14(18)21/h1-2,4,9H,3,5-8H2,(H,16,19)(H,15,17,21). The molecule has 2 N–H and O–H groups in total. The molecule has 128 valence electrons. The van der Waals surface area contributed by atoms with Crippen LogP contribution in [0.3, 0.4) is 0 Å². The lowest BCUT2D eigenvalue weighted by molar-refractivity contribution is -0.124. The van der Waals surface area contributed by atoms with Crippen LogP contribution in [0.15, 0.2) is 27.9 Å². The second-order valence-electron chi connectivity index (χ2n) is 5.68. The Kier molecular flexibility index (Phi) is 4.22. The summed E-state index contributed by atoms with van der Waals surface area (Å²) in [5.74, 6) is -1.07. The molecule has 10 heteroatoms. The monoisotopic (exact) mass is 352 g/mol.